The smallest absolute Gasteiger partial charge is 0.328 e. The van der Waals surface area contributed by atoms with Crippen LogP contribution < -0.4 is 10.6 Å². The van der Waals surface area contributed by atoms with Crippen molar-refractivity contribution in [3.05, 3.63) is 0 Å². The Hall–Kier alpha value is -1.10. The monoisotopic (exact) mass is 282 g/mol. The van der Waals surface area contributed by atoms with Crippen molar-refractivity contribution in [2.24, 2.45) is 17.8 Å². The van der Waals surface area contributed by atoms with Crippen LogP contribution >= 0.6 is 0 Å². The van der Waals surface area contributed by atoms with E-state index in [1.54, 1.807) is 0 Å². The molecule has 0 bridgehead atoms. The highest BCUT2D eigenvalue weighted by Crippen LogP contribution is 2.37. The zero-order chi connectivity index (χ0) is 14.7. The lowest BCUT2D eigenvalue weighted by Gasteiger charge is -2.23. The predicted molar refractivity (Wildman–Crippen MR) is 76.0 cm³/mol. The van der Waals surface area contributed by atoms with Crippen LogP contribution in [0.15, 0.2) is 0 Å². The number of nitrogens with one attached hydrogen (secondary N) is 2. The summed E-state index contributed by atoms with van der Waals surface area (Å²) in [5.74, 6) is 0.999. The van der Waals surface area contributed by atoms with Gasteiger partial charge in [0.2, 0.25) is 5.91 Å². The van der Waals surface area contributed by atoms with Gasteiger partial charge in [-0.2, -0.15) is 0 Å². The van der Waals surface area contributed by atoms with Crippen molar-refractivity contribution >= 4 is 11.9 Å². The summed E-state index contributed by atoms with van der Waals surface area (Å²) in [4.78, 5) is 24.2. The van der Waals surface area contributed by atoms with Crippen molar-refractivity contribution in [3.63, 3.8) is 0 Å². The third kappa shape index (κ3) is 3.32. The van der Waals surface area contributed by atoms with E-state index in [9.17, 15) is 9.59 Å². The van der Waals surface area contributed by atoms with E-state index >= 15 is 0 Å². The number of methoxy groups -OCH3 is 1. The molecule has 0 radical (unpaired) electrons. The molecule has 3 unspecified atom stereocenters. The van der Waals surface area contributed by atoms with Gasteiger partial charge in [-0.1, -0.05) is 20.3 Å². The molecular formula is C15H26N2O3. The number of hydrogen-bond donors (Lipinski definition) is 2. The van der Waals surface area contributed by atoms with Gasteiger partial charge in [-0.3, -0.25) is 4.79 Å². The highest BCUT2D eigenvalue weighted by Gasteiger charge is 2.43. The van der Waals surface area contributed by atoms with Crippen LogP contribution in [-0.2, 0) is 14.3 Å². The first kappa shape index (κ1) is 15.3. The molecule has 114 valence electrons. The maximum absolute atomic E-state index is 12.4. The molecule has 5 nitrogen and oxygen atoms in total. The Morgan fingerprint density at radius 3 is 2.75 bits per heavy atom. The highest BCUT2D eigenvalue weighted by molar-refractivity contribution is 5.88. The Balaban J connectivity index is 1.95. The Bertz CT molecular complexity index is 370. The molecule has 2 aliphatic rings. The fraction of sp³-hybridized carbons (Fsp3) is 0.867. The Morgan fingerprint density at radius 2 is 2.10 bits per heavy atom. The van der Waals surface area contributed by atoms with Gasteiger partial charge in [0, 0.05) is 0 Å². The highest BCUT2D eigenvalue weighted by atomic mass is 16.5. The van der Waals surface area contributed by atoms with Crippen LogP contribution in [0.4, 0.5) is 0 Å². The van der Waals surface area contributed by atoms with E-state index in [-0.39, 0.29) is 17.9 Å². The molecule has 1 heterocycles. The van der Waals surface area contributed by atoms with Crippen molar-refractivity contribution in [1.29, 1.82) is 0 Å². The van der Waals surface area contributed by atoms with Crippen LogP contribution in [0.2, 0.25) is 0 Å². The Kier molecular flexibility index (Phi) is 5.02. The van der Waals surface area contributed by atoms with Gasteiger partial charge < -0.3 is 15.4 Å². The first-order chi connectivity index (χ1) is 9.52. The largest absolute Gasteiger partial charge is 0.467 e. The number of ether oxygens (including phenoxy) is 1. The zero-order valence-corrected chi connectivity index (χ0v) is 12.6. The van der Waals surface area contributed by atoms with Crippen molar-refractivity contribution in [3.8, 4) is 0 Å². The van der Waals surface area contributed by atoms with E-state index in [2.05, 4.69) is 10.6 Å². The number of hydrogen-bond acceptors (Lipinski definition) is 4. The summed E-state index contributed by atoms with van der Waals surface area (Å²) in [6.45, 7) is 4.99. The number of fused-ring (bicyclic) bond motifs is 1. The maximum Gasteiger partial charge on any atom is 0.328 e. The van der Waals surface area contributed by atoms with Crippen LogP contribution in [0.1, 0.15) is 39.5 Å². The molecular weight excluding hydrogens is 256 g/mol. The molecule has 20 heavy (non-hydrogen) atoms. The van der Waals surface area contributed by atoms with Crippen LogP contribution in [0.5, 0.6) is 0 Å². The fourth-order valence-corrected chi connectivity index (χ4v) is 3.56. The molecule has 2 rings (SSSR count). The first-order valence-corrected chi connectivity index (χ1v) is 7.64. The standard InChI is InChI=1S/C15H26N2O3/c1-9(2)7-12(15(19)20-3)17-14(18)13-11-6-4-5-10(11)8-16-13/h9-13,16H,4-8H2,1-3H3,(H,17,18)/t10?,11?,12-,13?/m0/s1. The lowest BCUT2D eigenvalue weighted by molar-refractivity contribution is -0.145. The number of esters is 1. The van der Waals surface area contributed by atoms with E-state index in [0.717, 1.165) is 13.0 Å². The van der Waals surface area contributed by atoms with Gasteiger partial charge in [-0.15, -0.1) is 0 Å². The van der Waals surface area contributed by atoms with Crippen molar-refractivity contribution in [2.45, 2.75) is 51.6 Å². The molecule has 0 aromatic heterocycles. The fourth-order valence-electron chi connectivity index (χ4n) is 3.56. The van der Waals surface area contributed by atoms with E-state index in [0.29, 0.717) is 24.2 Å². The van der Waals surface area contributed by atoms with Gasteiger partial charge >= 0.3 is 5.97 Å². The molecule has 1 aliphatic heterocycles. The average molecular weight is 282 g/mol. The third-order valence-corrected chi connectivity index (χ3v) is 4.54. The van der Waals surface area contributed by atoms with Gasteiger partial charge in [0.25, 0.3) is 0 Å². The molecule has 1 saturated carbocycles. The molecule has 1 saturated heterocycles. The van der Waals surface area contributed by atoms with Crippen LogP contribution in [-0.4, -0.2) is 37.6 Å². The van der Waals surface area contributed by atoms with Gasteiger partial charge in [0.05, 0.1) is 13.2 Å². The van der Waals surface area contributed by atoms with Crippen LogP contribution in [0, 0.1) is 17.8 Å². The minimum Gasteiger partial charge on any atom is -0.467 e. The SMILES string of the molecule is COC(=O)[C@H](CC(C)C)NC(=O)C1NCC2CCCC21. The molecule has 0 aromatic carbocycles. The summed E-state index contributed by atoms with van der Waals surface area (Å²) in [5.41, 5.74) is 0. The van der Waals surface area contributed by atoms with Crippen LogP contribution in [0.3, 0.4) is 0 Å². The second-order valence-electron chi connectivity index (χ2n) is 6.45. The molecule has 5 heteroatoms. The van der Waals surface area contributed by atoms with E-state index in [4.69, 9.17) is 4.74 Å². The number of carbonyl (C=O) groups is 2. The minimum absolute atomic E-state index is 0.0459. The van der Waals surface area contributed by atoms with E-state index in [1.165, 1.54) is 20.0 Å². The summed E-state index contributed by atoms with van der Waals surface area (Å²) >= 11 is 0. The molecule has 0 aromatic rings. The Morgan fingerprint density at radius 1 is 1.35 bits per heavy atom. The number of carbonyl (C=O) groups excluding carboxylic acids is 2. The average Bonchev–Trinajstić information content (AvgIpc) is 2.98. The molecule has 4 atom stereocenters. The summed E-state index contributed by atoms with van der Waals surface area (Å²) in [6.07, 6.45) is 4.16. The summed E-state index contributed by atoms with van der Waals surface area (Å²) in [5, 5.41) is 6.19. The first-order valence-electron chi connectivity index (χ1n) is 7.64. The van der Waals surface area contributed by atoms with Crippen LogP contribution in [0.25, 0.3) is 0 Å². The second-order valence-corrected chi connectivity index (χ2v) is 6.45. The van der Waals surface area contributed by atoms with Gasteiger partial charge in [-0.05, 0) is 43.6 Å². The molecule has 1 amide bonds. The summed E-state index contributed by atoms with van der Waals surface area (Å²) < 4.78 is 4.79. The lowest BCUT2D eigenvalue weighted by Crippen LogP contribution is -2.50. The van der Waals surface area contributed by atoms with E-state index < -0.39 is 6.04 Å². The summed E-state index contributed by atoms with van der Waals surface area (Å²) in [6, 6.07) is -0.670. The van der Waals surface area contributed by atoms with Gasteiger partial charge in [0.15, 0.2) is 0 Å². The normalized spacial score (nSPS) is 30.1. The predicted octanol–water partition coefficient (Wildman–Crippen LogP) is 1.08. The quantitative estimate of drug-likeness (QED) is 0.740. The molecule has 1 aliphatic carbocycles. The Labute approximate surface area is 120 Å². The van der Waals surface area contributed by atoms with Crippen molar-refractivity contribution in [2.75, 3.05) is 13.7 Å². The lowest BCUT2D eigenvalue weighted by atomic mass is 9.93. The minimum atomic E-state index is -0.533. The van der Waals surface area contributed by atoms with Gasteiger partial charge in [0.1, 0.15) is 6.04 Å². The van der Waals surface area contributed by atoms with Crippen molar-refractivity contribution < 1.29 is 14.3 Å². The number of amides is 1. The summed E-state index contributed by atoms with van der Waals surface area (Å²) in [7, 11) is 1.36. The van der Waals surface area contributed by atoms with Crippen molar-refractivity contribution in [1.82, 2.24) is 10.6 Å². The van der Waals surface area contributed by atoms with Gasteiger partial charge in [-0.25, -0.2) is 4.79 Å². The molecule has 2 N–H and O–H groups in total. The topological polar surface area (TPSA) is 67.4 Å². The third-order valence-electron chi connectivity index (χ3n) is 4.54. The molecule has 0 spiro atoms. The second kappa shape index (κ2) is 6.57. The maximum atomic E-state index is 12.4. The number of rotatable bonds is 5. The molecule has 2 fully saturated rings. The van der Waals surface area contributed by atoms with E-state index in [1.807, 2.05) is 13.8 Å². The zero-order valence-electron chi connectivity index (χ0n) is 12.6.